The molecule has 1 aromatic carbocycles. The Bertz CT molecular complexity index is 1190. The number of hydrogen-bond donors (Lipinski definition) is 1. The maximum atomic E-state index is 12.8. The van der Waals surface area contributed by atoms with Gasteiger partial charge in [-0.15, -0.1) is 0 Å². The number of pyridine rings is 1. The zero-order chi connectivity index (χ0) is 19.5. The van der Waals surface area contributed by atoms with Crippen molar-refractivity contribution in [2.75, 3.05) is 6.54 Å². The summed E-state index contributed by atoms with van der Waals surface area (Å²) in [4.78, 5) is 33.8. The lowest BCUT2D eigenvalue weighted by Crippen LogP contribution is -2.26. The average molecular weight is 375 g/mol. The lowest BCUT2D eigenvalue weighted by Gasteiger charge is -2.09. The summed E-state index contributed by atoms with van der Waals surface area (Å²) >= 11 is 0. The molecule has 0 spiro atoms. The van der Waals surface area contributed by atoms with E-state index in [0.717, 1.165) is 24.9 Å². The molecule has 0 unspecified atom stereocenters. The van der Waals surface area contributed by atoms with Crippen LogP contribution in [0.3, 0.4) is 0 Å². The lowest BCUT2D eigenvalue weighted by molar-refractivity contribution is 0.0952. The van der Waals surface area contributed by atoms with Gasteiger partial charge in [-0.25, -0.2) is 9.97 Å². The van der Waals surface area contributed by atoms with Gasteiger partial charge in [0.2, 0.25) is 0 Å². The summed E-state index contributed by atoms with van der Waals surface area (Å²) in [6.45, 7) is 3.38. The highest BCUT2D eigenvalue weighted by Crippen LogP contribution is 2.14. The number of aromatic nitrogens is 4. The minimum absolute atomic E-state index is 0.168. The maximum Gasteiger partial charge on any atom is 0.265 e. The van der Waals surface area contributed by atoms with Crippen molar-refractivity contribution in [1.82, 2.24) is 24.3 Å². The van der Waals surface area contributed by atoms with Crippen LogP contribution in [0.5, 0.6) is 0 Å². The summed E-state index contributed by atoms with van der Waals surface area (Å²) in [6.07, 6.45) is 8.83. The Morgan fingerprint density at radius 1 is 1.18 bits per heavy atom. The highest BCUT2D eigenvalue weighted by molar-refractivity contribution is 5.94. The van der Waals surface area contributed by atoms with Gasteiger partial charge in [-0.2, -0.15) is 0 Å². The minimum Gasteiger partial charge on any atom is -0.352 e. The van der Waals surface area contributed by atoms with Crippen LogP contribution in [-0.2, 0) is 6.54 Å². The van der Waals surface area contributed by atoms with Gasteiger partial charge in [0.15, 0.2) is 0 Å². The van der Waals surface area contributed by atoms with Crippen molar-refractivity contribution in [2.24, 2.45) is 0 Å². The van der Waals surface area contributed by atoms with Crippen molar-refractivity contribution >= 4 is 22.5 Å². The van der Waals surface area contributed by atoms with Crippen molar-refractivity contribution in [3.8, 4) is 0 Å². The predicted molar refractivity (Wildman–Crippen MR) is 107 cm³/mol. The molecule has 0 atom stereocenters. The van der Waals surface area contributed by atoms with E-state index in [1.807, 2.05) is 29.8 Å². The van der Waals surface area contributed by atoms with E-state index in [4.69, 9.17) is 0 Å². The summed E-state index contributed by atoms with van der Waals surface area (Å²) in [6, 6.07) is 8.94. The van der Waals surface area contributed by atoms with E-state index in [0.29, 0.717) is 28.7 Å². The SMILES string of the molecule is Cc1cccc2c(=O)n3cc(C(=O)NCCCCn4ccnc4)ccc3nc12. The first-order valence-electron chi connectivity index (χ1n) is 9.29. The Labute approximate surface area is 161 Å². The third-order valence-corrected chi connectivity index (χ3v) is 4.79. The summed E-state index contributed by atoms with van der Waals surface area (Å²) in [5.41, 5.74) is 2.46. The average Bonchev–Trinajstić information content (AvgIpc) is 3.22. The zero-order valence-electron chi connectivity index (χ0n) is 15.6. The molecule has 0 aliphatic heterocycles. The van der Waals surface area contributed by atoms with E-state index in [1.165, 1.54) is 4.40 Å². The molecule has 3 heterocycles. The number of nitrogens with one attached hydrogen (secondary N) is 1. The summed E-state index contributed by atoms with van der Waals surface area (Å²) in [5.74, 6) is -0.194. The van der Waals surface area contributed by atoms with Crippen LogP contribution >= 0.6 is 0 Å². The molecule has 7 nitrogen and oxygen atoms in total. The molecule has 0 radical (unpaired) electrons. The van der Waals surface area contributed by atoms with E-state index >= 15 is 0 Å². The standard InChI is InChI=1S/C21H21N5O2/c1-15-5-4-6-17-19(15)24-18-8-7-16(13-26(18)21(17)28)20(27)23-9-2-3-11-25-12-10-22-14-25/h4-8,10,12-14H,2-3,9,11H2,1H3,(H,23,27). The fraction of sp³-hybridized carbons (Fsp3) is 0.238. The van der Waals surface area contributed by atoms with Crippen LogP contribution in [0.1, 0.15) is 28.8 Å². The molecule has 0 saturated heterocycles. The number of benzene rings is 1. The van der Waals surface area contributed by atoms with Gasteiger partial charge in [-0.1, -0.05) is 12.1 Å². The predicted octanol–water partition coefficient (Wildman–Crippen LogP) is 2.56. The largest absolute Gasteiger partial charge is 0.352 e. The number of para-hydroxylation sites is 1. The second-order valence-corrected chi connectivity index (χ2v) is 6.80. The molecule has 142 valence electrons. The second kappa shape index (κ2) is 7.64. The van der Waals surface area contributed by atoms with Crippen LogP contribution in [0.15, 0.2) is 60.0 Å². The highest BCUT2D eigenvalue weighted by atomic mass is 16.1. The first kappa shape index (κ1) is 17.9. The van der Waals surface area contributed by atoms with E-state index in [2.05, 4.69) is 15.3 Å². The Balaban J connectivity index is 1.47. The number of nitrogens with zero attached hydrogens (tertiary/aromatic N) is 4. The number of fused-ring (bicyclic) bond motifs is 2. The molecule has 1 N–H and O–H groups in total. The van der Waals surface area contributed by atoms with Gasteiger partial charge >= 0.3 is 0 Å². The Hall–Kier alpha value is -3.48. The molecule has 0 bridgehead atoms. The molecule has 4 rings (SSSR count). The smallest absolute Gasteiger partial charge is 0.265 e. The van der Waals surface area contributed by atoms with Gasteiger partial charge in [0, 0.05) is 31.7 Å². The monoisotopic (exact) mass is 375 g/mol. The van der Waals surface area contributed by atoms with E-state index in [1.54, 1.807) is 36.9 Å². The number of unbranched alkanes of at least 4 members (excludes halogenated alkanes) is 1. The Morgan fingerprint density at radius 3 is 2.89 bits per heavy atom. The van der Waals surface area contributed by atoms with Crippen LogP contribution in [0.2, 0.25) is 0 Å². The van der Waals surface area contributed by atoms with Crippen molar-refractivity contribution in [1.29, 1.82) is 0 Å². The number of carbonyl (C=O) groups excluding carboxylic acids is 1. The number of aryl methyl sites for hydroxylation is 2. The fourth-order valence-corrected chi connectivity index (χ4v) is 3.25. The number of hydrogen-bond acceptors (Lipinski definition) is 4. The zero-order valence-corrected chi connectivity index (χ0v) is 15.6. The summed E-state index contributed by atoms with van der Waals surface area (Å²) < 4.78 is 3.45. The van der Waals surface area contributed by atoms with Gasteiger partial charge in [-0.05, 0) is 43.5 Å². The number of carbonyl (C=O) groups is 1. The second-order valence-electron chi connectivity index (χ2n) is 6.80. The van der Waals surface area contributed by atoms with Crippen LogP contribution in [0, 0.1) is 6.92 Å². The van der Waals surface area contributed by atoms with Crippen LogP contribution in [0.25, 0.3) is 16.6 Å². The molecule has 0 saturated carbocycles. The molecule has 3 aromatic heterocycles. The first-order chi connectivity index (χ1) is 13.6. The molecule has 0 aliphatic rings. The van der Waals surface area contributed by atoms with Crippen molar-refractivity contribution in [3.05, 3.63) is 76.7 Å². The quantitative estimate of drug-likeness (QED) is 0.415. The van der Waals surface area contributed by atoms with E-state index < -0.39 is 0 Å². The molecule has 1 amide bonds. The molecule has 4 aromatic rings. The summed E-state index contributed by atoms with van der Waals surface area (Å²) in [7, 11) is 0. The van der Waals surface area contributed by atoms with E-state index in [9.17, 15) is 9.59 Å². The van der Waals surface area contributed by atoms with Gasteiger partial charge in [0.1, 0.15) is 5.65 Å². The summed E-state index contributed by atoms with van der Waals surface area (Å²) in [5, 5.41) is 3.46. The number of imidazole rings is 1. The molecular weight excluding hydrogens is 354 g/mol. The third-order valence-electron chi connectivity index (χ3n) is 4.79. The third kappa shape index (κ3) is 3.51. The molecule has 28 heavy (non-hydrogen) atoms. The van der Waals surface area contributed by atoms with Gasteiger partial charge in [-0.3, -0.25) is 14.0 Å². The van der Waals surface area contributed by atoms with Crippen molar-refractivity contribution in [3.63, 3.8) is 0 Å². The van der Waals surface area contributed by atoms with Gasteiger partial charge in [0.25, 0.3) is 11.5 Å². The van der Waals surface area contributed by atoms with Crippen LogP contribution < -0.4 is 10.9 Å². The van der Waals surface area contributed by atoms with Crippen molar-refractivity contribution in [2.45, 2.75) is 26.3 Å². The molecule has 7 heteroatoms. The topological polar surface area (TPSA) is 81.3 Å². The van der Waals surface area contributed by atoms with E-state index in [-0.39, 0.29) is 11.5 Å². The Morgan fingerprint density at radius 2 is 2.07 bits per heavy atom. The molecule has 0 aliphatic carbocycles. The minimum atomic E-state index is -0.194. The molecule has 0 fully saturated rings. The highest BCUT2D eigenvalue weighted by Gasteiger charge is 2.10. The lowest BCUT2D eigenvalue weighted by atomic mass is 10.1. The fourth-order valence-electron chi connectivity index (χ4n) is 3.25. The van der Waals surface area contributed by atoms with Crippen LogP contribution in [-0.4, -0.2) is 31.4 Å². The van der Waals surface area contributed by atoms with Gasteiger partial charge in [0.05, 0.1) is 22.8 Å². The van der Waals surface area contributed by atoms with Crippen LogP contribution in [0.4, 0.5) is 0 Å². The maximum absolute atomic E-state index is 12.8. The first-order valence-corrected chi connectivity index (χ1v) is 9.29. The van der Waals surface area contributed by atoms with Crippen molar-refractivity contribution < 1.29 is 4.79 Å². The Kier molecular flexibility index (Phi) is 4.89. The van der Waals surface area contributed by atoms with Gasteiger partial charge < -0.3 is 9.88 Å². The molecular formula is C21H21N5O2. The number of rotatable bonds is 6. The number of amides is 1. The normalized spacial score (nSPS) is 11.2.